The van der Waals surface area contributed by atoms with E-state index in [1.807, 2.05) is 33.8 Å². The molecule has 1 aliphatic heterocycles. The van der Waals surface area contributed by atoms with Gasteiger partial charge in [-0.05, 0) is 51.8 Å². The highest BCUT2D eigenvalue weighted by Gasteiger charge is 2.46. The fourth-order valence-electron chi connectivity index (χ4n) is 4.24. The van der Waals surface area contributed by atoms with Gasteiger partial charge in [0.1, 0.15) is 17.6 Å². The van der Waals surface area contributed by atoms with Crippen molar-refractivity contribution in [3.05, 3.63) is 36.8 Å². The van der Waals surface area contributed by atoms with Crippen molar-refractivity contribution in [2.24, 2.45) is 0 Å². The van der Waals surface area contributed by atoms with Crippen LogP contribution >= 0.6 is 0 Å². The number of H-pyrrole nitrogens is 1. The summed E-state index contributed by atoms with van der Waals surface area (Å²) >= 11 is 0. The number of nitrogens with one attached hydrogen (secondary N) is 3. The van der Waals surface area contributed by atoms with Gasteiger partial charge in [0.05, 0.1) is 18.4 Å². The van der Waals surface area contributed by atoms with Gasteiger partial charge in [-0.2, -0.15) is 5.10 Å². The third-order valence-electron chi connectivity index (χ3n) is 5.41. The minimum absolute atomic E-state index is 0.0659. The van der Waals surface area contributed by atoms with Crippen LogP contribution in [0, 0.1) is 0 Å². The van der Waals surface area contributed by atoms with Gasteiger partial charge in [-0.1, -0.05) is 6.07 Å². The molecule has 30 heavy (non-hydrogen) atoms. The predicted molar refractivity (Wildman–Crippen MR) is 113 cm³/mol. The molecule has 2 aromatic heterocycles. The van der Waals surface area contributed by atoms with E-state index >= 15 is 0 Å². The van der Waals surface area contributed by atoms with E-state index in [0.717, 1.165) is 11.1 Å². The molecule has 3 aromatic rings. The van der Waals surface area contributed by atoms with E-state index in [2.05, 4.69) is 36.0 Å². The number of piperidine rings is 1. The van der Waals surface area contributed by atoms with E-state index in [-0.39, 0.29) is 17.2 Å². The number of phenolic OH excluding ortho intramolecular Hbond substituents is 1. The Kier molecular flexibility index (Phi) is 4.93. The summed E-state index contributed by atoms with van der Waals surface area (Å²) in [6, 6.07) is 4.82. The Morgan fingerprint density at radius 3 is 2.57 bits per heavy atom. The molecule has 0 bridgehead atoms. The predicted octanol–water partition coefficient (Wildman–Crippen LogP) is 3.30. The highest BCUT2D eigenvalue weighted by molar-refractivity contribution is 5.73. The Morgan fingerprint density at radius 2 is 1.93 bits per heavy atom. The topological polar surface area (TPSA) is 112 Å². The SMILES string of the molecule is CC1(C)C[C@H](Nc2ncc(-c3ccc(-c4cn[nH]c4)cc3O)nn2)[C@@H](F)C(C)(C)N1. The summed E-state index contributed by atoms with van der Waals surface area (Å²) < 4.78 is 15.0. The number of aromatic nitrogens is 5. The third-order valence-corrected chi connectivity index (χ3v) is 5.41. The van der Waals surface area contributed by atoms with Crippen LogP contribution in [0.4, 0.5) is 10.3 Å². The molecule has 1 aliphatic rings. The van der Waals surface area contributed by atoms with Crippen molar-refractivity contribution in [1.29, 1.82) is 0 Å². The summed E-state index contributed by atoms with van der Waals surface area (Å²) in [6.07, 6.45) is 4.41. The van der Waals surface area contributed by atoms with Crippen molar-refractivity contribution in [3.8, 4) is 28.1 Å². The molecule has 0 amide bonds. The lowest BCUT2D eigenvalue weighted by Gasteiger charge is -2.48. The van der Waals surface area contributed by atoms with Crippen molar-refractivity contribution in [1.82, 2.24) is 30.7 Å². The second-order valence-electron chi connectivity index (χ2n) is 8.97. The summed E-state index contributed by atoms with van der Waals surface area (Å²) in [5, 5.41) is 31.8. The molecule has 0 saturated carbocycles. The minimum Gasteiger partial charge on any atom is -0.507 e. The number of benzene rings is 1. The molecule has 0 unspecified atom stereocenters. The largest absolute Gasteiger partial charge is 0.507 e. The van der Waals surface area contributed by atoms with Crippen LogP contribution in [0.2, 0.25) is 0 Å². The van der Waals surface area contributed by atoms with Crippen LogP contribution in [0.5, 0.6) is 5.75 Å². The van der Waals surface area contributed by atoms with E-state index in [0.29, 0.717) is 17.7 Å². The average molecular weight is 411 g/mol. The lowest BCUT2D eigenvalue weighted by Crippen LogP contribution is -2.67. The molecule has 1 saturated heterocycles. The molecule has 158 valence electrons. The quantitative estimate of drug-likeness (QED) is 0.521. The maximum atomic E-state index is 15.0. The first kappa shape index (κ1) is 20.2. The first-order valence-electron chi connectivity index (χ1n) is 9.87. The third kappa shape index (κ3) is 3.97. The second-order valence-corrected chi connectivity index (χ2v) is 8.97. The van der Waals surface area contributed by atoms with Crippen LogP contribution in [0.1, 0.15) is 34.1 Å². The van der Waals surface area contributed by atoms with E-state index in [4.69, 9.17) is 0 Å². The van der Waals surface area contributed by atoms with Gasteiger partial charge in [-0.15, -0.1) is 10.2 Å². The summed E-state index contributed by atoms with van der Waals surface area (Å²) in [5.74, 6) is 0.325. The molecule has 0 radical (unpaired) electrons. The normalized spacial score (nSPS) is 22.6. The van der Waals surface area contributed by atoms with Gasteiger partial charge in [-0.25, -0.2) is 9.37 Å². The summed E-state index contributed by atoms with van der Waals surface area (Å²) in [5.41, 5.74) is 1.75. The number of rotatable bonds is 4. The average Bonchev–Trinajstić information content (AvgIpc) is 3.20. The molecular formula is C21H26FN7O. The van der Waals surface area contributed by atoms with Crippen molar-refractivity contribution in [2.75, 3.05) is 5.32 Å². The molecule has 2 atom stereocenters. The molecule has 3 heterocycles. The van der Waals surface area contributed by atoms with E-state index in [1.54, 1.807) is 24.5 Å². The molecule has 9 heteroatoms. The number of phenols is 1. The van der Waals surface area contributed by atoms with Crippen LogP contribution < -0.4 is 10.6 Å². The Morgan fingerprint density at radius 1 is 1.13 bits per heavy atom. The zero-order chi connectivity index (χ0) is 21.5. The Labute approximate surface area is 174 Å². The van der Waals surface area contributed by atoms with Crippen LogP contribution in [0.3, 0.4) is 0 Å². The summed E-state index contributed by atoms with van der Waals surface area (Å²) in [4.78, 5) is 4.29. The molecule has 1 fully saturated rings. The van der Waals surface area contributed by atoms with Crippen molar-refractivity contribution < 1.29 is 9.50 Å². The number of hydrogen-bond acceptors (Lipinski definition) is 7. The number of anilines is 1. The van der Waals surface area contributed by atoms with Crippen LogP contribution in [0.25, 0.3) is 22.4 Å². The molecule has 4 rings (SSSR count). The first-order valence-corrected chi connectivity index (χ1v) is 9.87. The lowest BCUT2D eigenvalue weighted by atomic mass is 9.78. The van der Waals surface area contributed by atoms with Crippen LogP contribution in [-0.4, -0.2) is 53.8 Å². The smallest absolute Gasteiger partial charge is 0.243 e. The van der Waals surface area contributed by atoms with Crippen LogP contribution in [0.15, 0.2) is 36.8 Å². The standard InChI is InChI=1S/C21H26FN7O/c1-20(2)8-15(18(22)21(3,4)29-20)26-19-23-11-16(27-28-19)14-6-5-12(7-17(14)30)13-9-24-25-10-13/h5-7,9-11,15,18,29-30H,8H2,1-4H3,(H,24,25)(H,23,26,28)/t15-,18+/m0/s1. The van der Waals surface area contributed by atoms with Gasteiger partial charge >= 0.3 is 0 Å². The summed E-state index contributed by atoms with van der Waals surface area (Å²) in [6.45, 7) is 7.80. The molecule has 8 nitrogen and oxygen atoms in total. The maximum absolute atomic E-state index is 15.0. The molecule has 4 N–H and O–H groups in total. The monoisotopic (exact) mass is 411 g/mol. The maximum Gasteiger partial charge on any atom is 0.243 e. The molecule has 1 aromatic carbocycles. The fraction of sp³-hybridized carbons (Fsp3) is 0.429. The molecular weight excluding hydrogens is 385 g/mol. The number of aromatic hydroxyl groups is 1. The van der Waals surface area contributed by atoms with Gasteiger partial charge in [0.25, 0.3) is 0 Å². The lowest BCUT2D eigenvalue weighted by molar-refractivity contribution is 0.0654. The number of alkyl halides is 1. The Balaban J connectivity index is 1.52. The van der Waals surface area contributed by atoms with E-state index < -0.39 is 17.8 Å². The van der Waals surface area contributed by atoms with Crippen LogP contribution in [-0.2, 0) is 0 Å². The van der Waals surface area contributed by atoms with E-state index in [9.17, 15) is 9.50 Å². The fourth-order valence-corrected chi connectivity index (χ4v) is 4.24. The summed E-state index contributed by atoms with van der Waals surface area (Å²) in [7, 11) is 0. The minimum atomic E-state index is -1.12. The zero-order valence-corrected chi connectivity index (χ0v) is 17.4. The Hall–Kier alpha value is -3.07. The highest BCUT2D eigenvalue weighted by Crippen LogP contribution is 2.34. The van der Waals surface area contributed by atoms with Gasteiger partial charge in [0.15, 0.2) is 0 Å². The number of aromatic amines is 1. The second kappa shape index (κ2) is 7.32. The van der Waals surface area contributed by atoms with E-state index in [1.165, 1.54) is 6.20 Å². The molecule has 0 spiro atoms. The van der Waals surface area contributed by atoms with Gasteiger partial charge in [-0.3, -0.25) is 5.10 Å². The first-order chi connectivity index (χ1) is 14.1. The van der Waals surface area contributed by atoms with Gasteiger partial charge < -0.3 is 15.7 Å². The number of nitrogens with zero attached hydrogens (tertiary/aromatic N) is 4. The Bertz CT molecular complexity index is 1020. The zero-order valence-electron chi connectivity index (χ0n) is 17.4. The van der Waals surface area contributed by atoms with Crippen molar-refractivity contribution in [2.45, 2.75) is 57.4 Å². The molecule has 0 aliphatic carbocycles. The highest BCUT2D eigenvalue weighted by atomic mass is 19.1. The van der Waals surface area contributed by atoms with Gasteiger partial charge in [0.2, 0.25) is 5.95 Å². The van der Waals surface area contributed by atoms with Gasteiger partial charge in [0, 0.05) is 28.4 Å². The van der Waals surface area contributed by atoms with Crippen molar-refractivity contribution >= 4 is 5.95 Å². The number of halogens is 1. The number of hydrogen-bond donors (Lipinski definition) is 4. The van der Waals surface area contributed by atoms with Crippen molar-refractivity contribution in [3.63, 3.8) is 0 Å².